The largest absolute Gasteiger partial charge is 0.393 e. The highest BCUT2D eigenvalue weighted by molar-refractivity contribution is 4.86. The molecule has 1 saturated heterocycles. The van der Waals surface area contributed by atoms with Gasteiger partial charge in [0.2, 0.25) is 0 Å². The Morgan fingerprint density at radius 1 is 1.60 bits per heavy atom. The molecule has 0 aromatic rings. The second-order valence-electron chi connectivity index (χ2n) is 5.04. The zero-order valence-electron chi connectivity index (χ0n) is 10.4. The molecule has 3 heteroatoms. The molecule has 1 rings (SSSR count). The Balaban J connectivity index is 2.40. The first-order chi connectivity index (χ1) is 6.99. The zero-order chi connectivity index (χ0) is 11.5. The van der Waals surface area contributed by atoms with Crippen molar-refractivity contribution in [1.29, 1.82) is 0 Å². The molecule has 0 bridgehead atoms. The Bertz CT molecular complexity index is 196. The predicted molar refractivity (Wildman–Crippen MR) is 61.9 cm³/mol. The Kier molecular flexibility index (Phi) is 4.56. The standard InChI is InChI=1S/C12H25NO2/c1-5-12(4,10(3)14)8-13-11-6-7-15-9(11)2/h9-11,13-14H,5-8H2,1-4H3. The van der Waals surface area contributed by atoms with Crippen LogP contribution in [0.5, 0.6) is 0 Å². The van der Waals surface area contributed by atoms with Gasteiger partial charge in [0.1, 0.15) is 0 Å². The predicted octanol–water partition coefficient (Wildman–Crippen LogP) is 1.55. The minimum Gasteiger partial charge on any atom is -0.393 e. The highest BCUT2D eigenvalue weighted by Gasteiger charge is 2.31. The molecule has 1 aliphatic rings. The van der Waals surface area contributed by atoms with Crippen molar-refractivity contribution in [2.24, 2.45) is 5.41 Å². The van der Waals surface area contributed by atoms with E-state index in [0.717, 1.165) is 26.0 Å². The summed E-state index contributed by atoms with van der Waals surface area (Å²) in [7, 11) is 0. The molecule has 0 saturated carbocycles. The lowest BCUT2D eigenvalue weighted by Gasteiger charge is -2.33. The molecular formula is C12H25NO2. The summed E-state index contributed by atoms with van der Waals surface area (Å²) >= 11 is 0. The van der Waals surface area contributed by atoms with Crippen LogP contribution < -0.4 is 5.32 Å². The molecule has 4 unspecified atom stereocenters. The fourth-order valence-electron chi connectivity index (χ4n) is 1.93. The summed E-state index contributed by atoms with van der Waals surface area (Å²) < 4.78 is 5.50. The number of rotatable bonds is 5. The molecule has 0 aromatic heterocycles. The maximum absolute atomic E-state index is 9.74. The van der Waals surface area contributed by atoms with Gasteiger partial charge in [-0.2, -0.15) is 0 Å². The zero-order valence-corrected chi connectivity index (χ0v) is 10.4. The summed E-state index contributed by atoms with van der Waals surface area (Å²) in [6.45, 7) is 9.96. The molecule has 0 spiro atoms. The maximum Gasteiger partial charge on any atom is 0.0700 e. The van der Waals surface area contributed by atoms with Gasteiger partial charge in [0.15, 0.2) is 0 Å². The minimum absolute atomic E-state index is 0.0255. The van der Waals surface area contributed by atoms with Crippen LogP contribution in [-0.4, -0.2) is 36.5 Å². The molecule has 0 aromatic carbocycles. The summed E-state index contributed by atoms with van der Waals surface area (Å²) in [5, 5.41) is 13.3. The maximum atomic E-state index is 9.74. The van der Waals surface area contributed by atoms with Crippen molar-refractivity contribution < 1.29 is 9.84 Å². The first-order valence-electron chi connectivity index (χ1n) is 6.02. The van der Waals surface area contributed by atoms with E-state index in [1.165, 1.54) is 0 Å². The number of nitrogens with one attached hydrogen (secondary N) is 1. The van der Waals surface area contributed by atoms with Gasteiger partial charge in [-0.25, -0.2) is 0 Å². The average molecular weight is 215 g/mol. The summed E-state index contributed by atoms with van der Waals surface area (Å²) in [6, 6.07) is 0.453. The summed E-state index contributed by atoms with van der Waals surface area (Å²) in [5.41, 5.74) is -0.0255. The second-order valence-corrected chi connectivity index (χ2v) is 5.04. The van der Waals surface area contributed by atoms with E-state index >= 15 is 0 Å². The molecule has 2 N–H and O–H groups in total. The molecule has 4 atom stereocenters. The van der Waals surface area contributed by atoms with Gasteiger partial charge >= 0.3 is 0 Å². The second kappa shape index (κ2) is 5.28. The number of hydrogen-bond acceptors (Lipinski definition) is 3. The van der Waals surface area contributed by atoms with Gasteiger partial charge in [0, 0.05) is 24.6 Å². The fraction of sp³-hybridized carbons (Fsp3) is 1.00. The van der Waals surface area contributed by atoms with Gasteiger partial charge < -0.3 is 15.2 Å². The Morgan fingerprint density at radius 2 is 2.27 bits per heavy atom. The summed E-state index contributed by atoms with van der Waals surface area (Å²) in [5.74, 6) is 0. The van der Waals surface area contributed by atoms with Crippen LogP contribution in [0.2, 0.25) is 0 Å². The van der Waals surface area contributed by atoms with E-state index in [9.17, 15) is 5.11 Å². The van der Waals surface area contributed by atoms with Crippen LogP contribution >= 0.6 is 0 Å². The Hall–Kier alpha value is -0.120. The first-order valence-corrected chi connectivity index (χ1v) is 6.02. The van der Waals surface area contributed by atoms with E-state index in [4.69, 9.17) is 4.74 Å². The highest BCUT2D eigenvalue weighted by Crippen LogP contribution is 2.25. The van der Waals surface area contributed by atoms with Crippen molar-refractivity contribution in [1.82, 2.24) is 5.32 Å². The van der Waals surface area contributed by atoms with Gasteiger partial charge in [-0.1, -0.05) is 13.8 Å². The van der Waals surface area contributed by atoms with Gasteiger partial charge in [-0.05, 0) is 26.7 Å². The number of aliphatic hydroxyl groups is 1. The van der Waals surface area contributed by atoms with Crippen LogP contribution in [-0.2, 0) is 4.74 Å². The van der Waals surface area contributed by atoms with E-state index < -0.39 is 0 Å². The molecule has 1 heterocycles. The van der Waals surface area contributed by atoms with Crippen LogP contribution in [0.3, 0.4) is 0 Å². The lowest BCUT2D eigenvalue weighted by Crippen LogP contribution is -2.45. The molecule has 90 valence electrons. The van der Waals surface area contributed by atoms with E-state index in [0.29, 0.717) is 12.1 Å². The highest BCUT2D eigenvalue weighted by atomic mass is 16.5. The molecule has 15 heavy (non-hydrogen) atoms. The van der Waals surface area contributed by atoms with E-state index in [1.54, 1.807) is 0 Å². The minimum atomic E-state index is -0.271. The normalized spacial score (nSPS) is 32.6. The van der Waals surface area contributed by atoms with E-state index in [2.05, 4.69) is 26.1 Å². The Labute approximate surface area is 93.2 Å². The van der Waals surface area contributed by atoms with Crippen LogP contribution in [0.25, 0.3) is 0 Å². The quantitative estimate of drug-likeness (QED) is 0.731. The first kappa shape index (κ1) is 12.9. The van der Waals surface area contributed by atoms with Crippen LogP contribution in [0.15, 0.2) is 0 Å². The molecular weight excluding hydrogens is 190 g/mol. The number of ether oxygens (including phenoxy) is 1. The SMILES string of the molecule is CCC(C)(CNC1CCOC1C)C(C)O. The molecule has 0 aliphatic carbocycles. The third kappa shape index (κ3) is 3.16. The van der Waals surface area contributed by atoms with Crippen molar-refractivity contribution in [2.75, 3.05) is 13.2 Å². The summed E-state index contributed by atoms with van der Waals surface area (Å²) in [4.78, 5) is 0. The third-order valence-corrected chi connectivity index (χ3v) is 3.96. The van der Waals surface area contributed by atoms with E-state index in [1.807, 2.05) is 6.92 Å². The van der Waals surface area contributed by atoms with Crippen LogP contribution in [0.4, 0.5) is 0 Å². The van der Waals surface area contributed by atoms with E-state index in [-0.39, 0.29) is 11.5 Å². The van der Waals surface area contributed by atoms with Crippen molar-refractivity contribution >= 4 is 0 Å². The monoisotopic (exact) mass is 215 g/mol. The third-order valence-electron chi connectivity index (χ3n) is 3.96. The molecule has 0 amide bonds. The average Bonchev–Trinajstić information content (AvgIpc) is 2.60. The molecule has 3 nitrogen and oxygen atoms in total. The topological polar surface area (TPSA) is 41.5 Å². The van der Waals surface area contributed by atoms with Crippen molar-refractivity contribution in [3.8, 4) is 0 Å². The molecule has 1 fully saturated rings. The van der Waals surface area contributed by atoms with Gasteiger partial charge in [-0.15, -0.1) is 0 Å². The molecule has 0 radical (unpaired) electrons. The van der Waals surface area contributed by atoms with Crippen molar-refractivity contribution in [2.45, 2.75) is 58.8 Å². The van der Waals surface area contributed by atoms with Crippen molar-refractivity contribution in [3.05, 3.63) is 0 Å². The lowest BCUT2D eigenvalue weighted by atomic mass is 9.82. The number of aliphatic hydroxyl groups excluding tert-OH is 1. The fourth-order valence-corrected chi connectivity index (χ4v) is 1.93. The van der Waals surface area contributed by atoms with Crippen LogP contribution in [0.1, 0.15) is 40.5 Å². The Morgan fingerprint density at radius 3 is 2.67 bits per heavy atom. The lowest BCUT2D eigenvalue weighted by molar-refractivity contribution is 0.0432. The van der Waals surface area contributed by atoms with Gasteiger partial charge in [-0.3, -0.25) is 0 Å². The van der Waals surface area contributed by atoms with Crippen LogP contribution in [0, 0.1) is 5.41 Å². The summed E-state index contributed by atoms with van der Waals surface area (Å²) in [6.07, 6.45) is 2.10. The van der Waals surface area contributed by atoms with Crippen molar-refractivity contribution in [3.63, 3.8) is 0 Å². The molecule has 1 aliphatic heterocycles. The number of hydrogen-bond donors (Lipinski definition) is 2. The smallest absolute Gasteiger partial charge is 0.0700 e. The van der Waals surface area contributed by atoms with Gasteiger partial charge in [0.05, 0.1) is 12.2 Å². The van der Waals surface area contributed by atoms with Gasteiger partial charge in [0.25, 0.3) is 0 Å².